The number of hydrogen-bond donors (Lipinski definition) is 2. The molecule has 0 fully saturated rings. The van der Waals surface area contributed by atoms with Gasteiger partial charge in [-0.25, -0.2) is 9.37 Å². The summed E-state index contributed by atoms with van der Waals surface area (Å²) in [7, 11) is 1.51. The number of carboxylic acid groups (broad SMARTS) is 1. The van der Waals surface area contributed by atoms with E-state index in [0.717, 1.165) is 46.4 Å². The average molecular weight is 493 g/mol. The number of pyridine rings is 1. The predicted molar refractivity (Wildman–Crippen MR) is 137 cm³/mol. The van der Waals surface area contributed by atoms with E-state index in [0.29, 0.717) is 24.4 Å². The van der Waals surface area contributed by atoms with Gasteiger partial charge in [-0.1, -0.05) is 51.1 Å². The van der Waals surface area contributed by atoms with E-state index >= 15 is 0 Å². The number of carboxylic acids is 1. The summed E-state index contributed by atoms with van der Waals surface area (Å²) in [6, 6.07) is 13.9. The lowest BCUT2D eigenvalue weighted by atomic mass is 9.91. The summed E-state index contributed by atoms with van der Waals surface area (Å²) in [6.07, 6.45) is 3.19. The van der Waals surface area contributed by atoms with E-state index in [9.17, 15) is 14.3 Å². The minimum atomic E-state index is -0.808. The van der Waals surface area contributed by atoms with Crippen LogP contribution in [0.25, 0.3) is 11.1 Å². The first-order valence-electron chi connectivity index (χ1n) is 12.3. The van der Waals surface area contributed by atoms with Crippen molar-refractivity contribution in [1.82, 2.24) is 10.3 Å². The summed E-state index contributed by atoms with van der Waals surface area (Å²) < 4.78 is 26.4. The summed E-state index contributed by atoms with van der Waals surface area (Å²) in [5.41, 5.74) is 5.29. The predicted octanol–water partition coefficient (Wildman–Crippen LogP) is 5.72. The van der Waals surface area contributed by atoms with Crippen LogP contribution in [0.4, 0.5) is 4.39 Å². The van der Waals surface area contributed by atoms with Gasteiger partial charge < -0.3 is 19.9 Å². The van der Waals surface area contributed by atoms with Crippen LogP contribution in [-0.4, -0.2) is 29.2 Å². The van der Waals surface area contributed by atoms with E-state index in [-0.39, 0.29) is 12.1 Å². The second-order valence-corrected chi connectivity index (χ2v) is 9.69. The van der Waals surface area contributed by atoms with Crippen molar-refractivity contribution in [3.63, 3.8) is 0 Å². The molecule has 0 aliphatic carbocycles. The largest absolute Gasteiger partial charge is 0.485 e. The normalized spacial score (nSPS) is 15.8. The lowest BCUT2D eigenvalue weighted by Crippen LogP contribution is -2.23. The van der Waals surface area contributed by atoms with E-state index in [2.05, 4.69) is 30.2 Å². The molecule has 6 nitrogen and oxygen atoms in total. The number of methoxy groups -OCH3 is 1. The third kappa shape index (κ3) is 5.85. The Morgan fingerprint density at radius 1 is 1.19 bits per heavy atom. The van der Waals surface area contributed by atoms with Gasteiger partial charge in [0, 0.05) is 24.2 Å². The monoisotopic (exact) mass is 492 g/mol. The molecule has 0 spiro atoms. The van der Waals surface area contributed by atoms with Gasteiger partial charge in [0.1, 0.15) is 17.7 Å². The molecular weight excluding hydrogens is 459 g/mol. The van der Waals surface area contributed by atoms with Crippen molar-refractivity contribution in [2.75, 3.05) is 7.11 Å². The molecule has 1 aliphatic heterocycles. The molecule has 0 radical (unpaired) electrons. The molecule has 1 aliphatic rings. The van der Waals surface area contributed by atoms with Crippen LogP contribution in [-0.2, 0) is 24.2 Å². The number of carbonyl (C=O) groups is 1. The number of aryl methyl sites for hydroxylation is 1. The molecule has 0 saturated heterocycles. The first-order valence-corrected chi connectivity index (χ1v) is 12.3. The summed E-state index contributed by atoms with van der Waals surface area (Å²) in [6.45, 7) is 6.43. The lowest BCUT2D eigenvalue weighted by Gasteiger charge is -2.28. The molecule has 190 valence electrons. The van der Waals surface area contributed by atoms with Gasteiger partial charge in [0.05, 0.1) is 19.2 Å². The van der Waals surface area contributed by atoms with Crippen molar-refractivity contribution < 1.29 is 23.8 Å². The van der Waals surface area contributed by atoms with E-state index in [4.69, 9.17) is 9.47 Å². The maximum absolute atomic E-state index is 14.8. The van der Waals surface area contributed by atoms with E-state index in [1.54, 1.807) is 13.0 Å². The zero-order valence-corrected chi connectivity index (χ0v) is 21.2. The second-order valence-electron chi connectivity index (χ2n) is 9.69. The topological polar surface area (TPSA) is 80.7 Å². The molecule has 36 heavy (non-hydrogen) atoms. The molecule has 0 bridgehead atoms. The fourth-order valence-electron chi connectivity index (χ4n) is 4.49. The van der Waals surface area contributed by atoms with Crippen molar-refractivity contribution in [2.45, 2.75) is 58.7 Å². The third-order valence-corrected chi connectivity index (χ3v) is 6.57. The Morgan fingerprint density at radius 3 is 2.72 bits per heavy atom. The molecule has 2 heterocycles. The van der Waals surface area contributed by atoms with E-state index in [1.807, 2.05) is 30.3 Å². The third-order valence-electron chi connectivity index (χ3n) is 6.57. The van der Waals surface area contributed by atoms with Crippen LogP contribution in [0, 0.1) is 11.7 Å². The Bertz CT molecular complexity index is 1240. The quantitative estimate of drug-likeness (QED) is 0.397. The Labute approximate surface area is 211 Å². The highest BCUT2D eigenvalue weighted by Crippen LogP contribution is 2.38. The maximum Gasteiger partial charge on any atom is 0.306 e. The molecule has 2 N–H and O–H groups in total. The molecular formula is C29H33FN2O4. The lowest BCUT2D eigenvalue weighted by molar-refractivity contribution is -0.141. The van der Waals surface area contributed by atoms with Gasteiger partial charge in [-0.2, -0.15) is 0 Å². The first kappa shape index (κ1) is 25.6. The van der Waals surface area contributed by atoms with Crippen LogP contribution in [0.3, 0.4) is 0 Å². The molecule has 1 aromatic heterocycles. The van der Waals surface area contributed by atoms with Crippen LogP contribution in [0.5, 0.6) is 11.6 Å². The molecule has 3 aromatic rings. The zero-order chi connectivity index (χ0) is 25.8. The number of rotatable bonds is 9. The van der Waals surface area contributed by atoms with Crippen molar-refractivity contribution >= 4 is 5.97 Å². The van der Waals surface area contributed by atoms with Gasteiger partial charge in [0.25, 0.3) is 0 Å². The first-order chi connectivity index (χ1) is 17.2. The van der Waals surface area contributed by atoms with E-state index in [1.165, 1.54) is 13.3 Å². The number of nitrogens with zero attached hydrogens (tertiary/aromatic N) is 1. The van der Waals surface area contributed by atoms with Crippen LogP contribution < -0.4 is 14.8 Å². The number of nitrogens with one attached hydrogen (secondary N) is 1. The summed E-state index contributed by atoms with van der Waals surface area (Å²) in [4.78, 5) is 15.2. The smallest absolute Gasteiger partial charge is 0.306 e. The van der Waals surface area contributed by atoms with Gasteiger partial charge in [-0.3, -0.25) is 4.79 Å². The molecule has 0 amide bonds. The fourth-order valence-corrected chi connectivity index (χ4v) is 4.49. The second kappa shape index (κ2) is 11.1. The highest BCUT2D eigenvalue weighted by atomic mass is 19.1. The highest BCUT2D eigenvalue weighted by Gasteiger charge is 2.24. The van der Waals surface area contributed by atoms with Gasteiger partial charge in [-0.15, -0.1) is 0 Å². The van der Waals surface area contributed by atoms with Gasteiger partial charge in [-0.05, 0) is 53.1 Å². The number of halogens is 1. The van der Waals surface area contributed by atoms with Crippen LogP contribution in [0.15, 0.2) is 48.7 Å². The molecule has 0 saturated carbocycles. The number of hydrogen-bond acceptors (Lipinski definition) is 5. The van der Waals surface area contributed by atoms with Gasteiger partial charge in [0.2, 0.25) is 5.88 Å². The standard InChI is InChI=1S/C29H33FN2O4/c1-17(2)31-15-22-13-21(7-9-23(22)24-14-28(35-4)32-16-25(24)30)26-10-8-20-6-5-19(12-27(20)36-26)11-18(3)29(33)34/h5-7,9,12-14,16-18,26,31H,8,10-11,15H2,1-4H3,(H,33,34)/t18?,26-/m0/s1. The Hall–Kier alpha value is -3.45. The maximum atomic E-state index is 14.8. The number of fused-ring (bicyclic) bond motifs is 1. The molecule has 4 rings (SSSR count). The van der Waals surface area contributed by atoms with Crippen LogP contribution in [0.1, 0.15) is 55.5 Å². The number of ether oxygens (including phenoxy) is 2. The summed E-state index contributed by atoms with van der Waals surface area (Å²) in [5, 5.41) is 12.7. The Morgan fingerprint density at radius 2 is 2.00 bits per heavy atom. The Kier molecular flexibility index (Phi) is 7.89. The van der Waals surface area contributed by atoms with Crippen LogP contribution in [0.2, 0.25) is 0 Å². The molecule has 2 atom stereocenters. The molecule has 1 unspecified atom stereocenters. The van der Waals surface area contributed by atoms with Crippen molar-refractivity contribution in [2.24, 2.45) is 5.92 Å². The minimum absolute atomic E-state index is 0.145. The van der Waals surface area contributed by atoms with Gasteiger partial charge >= 0.3 is 5.97 Å². The number of aromatic nitrogens is 1. The number of benzene rings is 2. The fraction of sp³-hybridized carbons (Fsp3) is 0.379. The minimum Gasteiger partial charge on any atom is -0.485 e. The zero-order valence-electron chi connectivity index (χ0n) is 21.2. The molecule has 2 aromatic carbocycles. The van der Waals surface area contributed by atoms with Crippen molar-refractivity contribution in [1.29, 1.82) is 0 Å². The average Bonchev–Trinajstić information content (AvgIpc) is 2.87. The Balaban J connectivity index is 1.64. The van der Waals surface area contributed by atoms with Crippen molar-refractivity contribution in [3.8, 4) is 22.8 Å². The number of aliphatic carboxylic acids is 1. The van der Waals surface area contributed by atoms with E-state index < -0.39 is 17.7 Å². The SMILES string of the molecule is COc1cc(-c2ccc([C@@H]3CCc4ccc(CC(C)C(=O)O)cc4O3)cc2CNC(C)C)c(F)cn1. The summed E-state index contributed by atoms with van der Waals surface area (Å²) in [5.74, 6) is -0.508. The van der Waals surface area contributed by atoms with Crippen LogP contribution >= 0.6 is 0 Å². The highest BCUT2D eigenvalue weighted by molar-refractivity contribution is 5.70. The summed E-state index contributed by atoms with van der Waals surface area (Å²) >= 11 is 0. The van der Waals surface area contributed by atoms with Gasteiger partial charge in [0.15, 0.2) is 0 Å². The molecule has 7 heteroatoms. The van der Waals surface area contributed by atoms with Crippen molar-refractivity contribution in [3.05, 3.63) is 76.7 Å².